The second kappa shape index (κ2) is 10.4. The molecule has 0 unspecified atom stereocenters. The van der Waals surface area contributed by atoms with Crippen molar-refractivity contribution in [3.8, 4) is 11.4 Å². The van der Waals surface area contributed by atoms with Gasteiger partial charge >= 0.3 is 5.69 Å². The van der Waals surface area contributed by atoms with Crippen LogP contribution in [0.4, 0.5) is 0 Å². The summed E-state index contributed by atoms with van der Waals surface area (Å²) in [4.78, 5) is 26.4. The molecule has 2 aromatic rings. The fraction of sp³-hybridized carbons (Fsp3) is 0.308. The monoisotopic (exact) mass is 497 g/mol. The minimum absolute atomic E-state index is 0.295. The molecule has 8 nitrogen and oxygen atoms in total. The van der Waals surface area contributed by atoms with Gasteiger partial charge in [-0.25, -0.2) is 13.2 Å². The first-order valence-electron chi connectivity index (χ1n) is 11.2. The zero-order valence-electron chi connectivity index (χ0n) is 20.6. The van der Waals surface area contributed by atoms with Crippen LogP contribution in [-0.4, -0.2) is 31.3 Å². The highest BCUT2D eigenvalue weighted by Gasteiger charge is 2.24. The molecule has 186 valence electrons. The van der Waals surface area contributed by atoms with Crippen molar-refractivity contribution >= 4 is 15.6 Å². The molecular weight excluding hydrogens is 466 g/mol. The third-order valence-electron chi connectivity index (χ3n) is 5.34. The van der Waals surface area contributed by atoms with Gasteiger partial charge in [-0.2, -0.15) is 0 Å². The predicted molar refractivity (Wildman–Crippen MR) is 139 cm³/mol. The number of nitrogens with one attached hydrogen (secondary N) is 2. The lowest BCUT2D eigenvalue weighted by atomic mass is 9.83. The Balaban J connectivity index is 2.16. The van der Waals surface area contributed by atoms with Crippen molar-refractivity contribution < 1.29 is 13.2 Å². The number of hydrogen-bond acceptors (Lipinski definition) is 5. The summed E-state index contributed by atoms with van der Waals surface area (Å²) in [5, 5.41) is 0. The predicted octanol–water partition coefficient (Wildman–Crippen LogP) is 3.55. The lowest BCUT2D eigenvalue weighted by molar-refractivity contribution is 0.396. The van der Waals surface area contributed by atoms with Gasteiger partial charge in [0.05, 0.1) is 19.1 Å². The van der Waals surface area contributed by atoms with Gasteiger partial charge in [0, 0.05) is 29.1 Å². The molecule has 1 aliphatic carbocycles. The van der Waals surface area contributed by atoms with Gasteiger partial charge in [0.15, 0.2) is 0 Å². The van der Waals surface area contributed by atoms with Gasteiger partial charge < -0.3 is 4.74 Å². The maximum atomic E-state index is 12.5. The standard InChI is InChI=1S/C26H31N3O5S/c1-26(2,3)22-17-20(29-15-14-23(30)27-25(29)31)16-21(24(22)34-4)18-10-6-8-12-19(13-9-7-11-18)28-35(5,32)33/h6,9-17,28H,7-8H2,1-5H3,(H,27,30,31)/b10-6?,13-9-,18-11?,19-12+. The Morgan fingerprint density at radius 1 is 1.06 bits per heavy atom. The number of rotatable bonds is 5. The molecule has 1 aromatic carbocycles. The van der Waals surface area contributed by atoms with Crippen molar-refractivity contribution in [2.75, 3.05) is 13.4 Å². The third-order valence-corrected chi connectivity index (χ3v) is 5.95. The zero-order valence-corrected chi connectivity index (χ0v) is 21.4. The number of benzene rings is 1. The summed E-state index contributed by atoms with van der Waals surface area (Å²) < 4.78 is 33.0. The average molecular weight is 498 g/mol. The number of aromatic nitrogens is 2. The Kier molecular flexibility index (Phi) is 7.70. The molecule has 1 aliphatic rings. The Labute approximate surface area is 205 Å². The topological polar surface area (TPSA) is 110 Å². The maximum absolute atomic E-state index is 12.5. The van der Waals surface area contributed by atoms with Crippen LogP contribution in [-0.2, 0) is 15.4 Å². The van der Waals surface area contributed by atoms with Crippen molar-refractivity contribution in [3.63, 3.8) is 0 Å². The van der Waals surface area contributed by atoms with E-state index in [1.165, 1.54) is 16.8 Å². The first kappa shape index (κ1) is 26.0. The van der Waals surface area contributed by atoms with Crippen LogP contribution in [0.5, 0.6) is 5.75 Å². The molecule has 2 N–H and O–H groups in total. The van der Waals surface area contributed by atoms with Gasteiger partial charge in [-0.05, 0) is 42.0 Å². The van der Waals surface area contributed by atoms with Gasteiger partial charge in [0.25, 0.3) is 5.56 Å². The number of allylic oxidation sites excluding steroid dienone is 7. The highest BCUT2D eigenvalue weighted by atomic mass is 32.2. The first-order valence-corrected chi connectivity index (χ1v) is 13.0. The molecule has 3 rings (SSSR count). The van der Waals surface area contributed by atoms with E-state index in [-0.39, 0.29) is 5.41 Å². The third kappa shape index (κ3) is 6.73. The number of nitrogens with zero attached hydrogens (tertiary/aromatic N) is 1. The molecule has 0 aliphatic heterocycles. The molecule has 9 heteroatoms. The molecule has 0 radical (unpaired) electrons. The summed E-state index contributed by atoms with van der Waals surface area (Å²) in [6.45, 7) is 6.19. The summed E-state index contributed by atoms with van der Waals surface area (Å²) in [7, 11) is -1.75. The molecule has 0 atom stereocenters. The van der Waals surface area contributed by atoms with Crippen LogP contribution in [0.1, 0.15) is 44.7 Å². The van der Waals surface area contributed by atoms with Gasteiger partial charge in [0.1, 0.15) is 5.75 Å². The molecule has 0 saturated carbocycles. The molecular formula is C26H31N3O5S. The van der Waals surface area contributed by atoms with Gasteiger partial charge in [0.2, 0.25) is 10.0 Å². The van der Waals surface area contributed by atoms with E-state index in [9.17, 15) is 18.0 Å². The van der Waals surface area contributed by atoms with E-state index >= 15 is 0 Å². The Morgan fingerprint density at radius 2 is 1.74 bits per heavy atom. The first-order chi connectivity index (χ1) is 16.4. The molecule has 0 bridgehead atoms. The largest absolute Gasteiger partial charge is 0.496 e. The lowest BCUT2D eigenvalue weighted by Gasteiger charge is -2.26. The highest BCUT2D eigenvalue weighted by Crippen LogP contribution is 2.39. The second-order valence-corrected chi connectivity index (χ2v) is 11.0. The van der Waals surface area contributed by atoms with Crippen LogP contribution in [0.2, 0.25) is 0 Å². The highest BCUT2D eigenvalue weighted by molar-refractivity contribution is 7.88. The molecule has 0 amide bonds. The van der Waals surface area contributed by atoms with Crippen LogP contribution >= 0.6 is 0 Å². The minimum Gasteiger partial charge on any atom is -0.496 e. The molecule has 0 fully saturated rings. The van der Waals surface area contributed by atoms with E-state index in [1.54, 1.807) is 19.3 Å². The number of sulfonamides is 1. The second-order valence-electron chi connectivity index (χ2n) is 9.27. The van der Waals surface area contributed by atoms with Crippen molar-refractivity contribution in [2.45, 2.75) is 39.0 Å². The van der Waals surface area contributed by atoms with Crippen LogP contribution < -0.4 is 20.7 Å². The molecule has 1 aromatic heterocycles. The molecule has 0 saturated heterocycles. The quantitative estimate of drug-likeness (QED) is 0.656. The molecule has 1 heterocycles. The fourth-order valence-electron chi connectivity index (χ4n) is 3.77. The van der Waals surface area contributed by atoms with Gasteiger partial charge in [-0.15, -0.1) is 0 Å². The van der Waals surface area contributed by atoms with Gasteiger partial charge in [-0.1, -0.05) is 51.2 Å². The Hall–Kier alpha value is -3.59. The van der Waals surface area contributed by atoms with Crippen LogP contribution in [0.25, 0.3) is 11.3 Å². The number of methoxy groups -OCH3 is 1. The van der Waals surface area contributed by atoms with Crippen molar-refractivity contribution in [3.05, 3.63) is 98.5 Å². The fourth-order valence-corrected chi connectivity index (χ4v) is 4.35. The van der Waals surface area contributed by atoms with Crippen molar-refractivity contribution in [2.24, 2.45) is 0 Å². The Morgan fingerprint density at radius 3 is 2.37 bits per heavy atom. The van der Waals surface area contributed by atoms with E-state index in [2.05, 4.69) is 30.5 Å². The Bertz CT molecular complexity index is 1450. The van der Waals surface area contributed by atoms with Crippen LogP contribution in [0.15, 0.2) is 76.1 Å². The van der Waals surface area contributed by atoms with Crippen molar-refractivity contribution in [1.29, 1.82) is 0 Å². The van der Waals surface area contributed by atoms with E-state index < -0.39 is 21.3 Å². The maximum Gasteiger partial charge on any atom is 0.332 e. The van der Waals surface area contributed by atoms with E-state index in [0.717, 1.165) is 23.0 Å². The van der Waals surface area contributed by atoms with Crippen LogP contribution in [0, 0.1) is 0 Å². The van der Waals surface area contributed by atoms with Crippen molar-refractivity contribution in [1.82, 2.24) is 14.3 Å². The summed E-state index contributed by atoms with van der Waals surface area (Å²) in [6.07, 6.45) is 14.9. The van der Waals surface area contributed by atoms with Gasteiger partial charge in [-0.3, -0.25) is 19.1 Å². The summed E-state index contributed by atoms with van der Waals surface area (Å²) in [5.41, 5.74) is 2.45. The summed E-state index contributed by atoms with van der Waals surface area (Å²) in [6, 6.07) is 5.08. The normalized spacial score (nSPS) is 17.2. The van der Waals surface area contributed by atoms with Crippen LogP contribution in [0.3, 0.4) is 0 Å². The number of aromatic amines is 1. The SMILES string of the molecule is COc1c(C2=CC/C=C\C(NS(C)(=O)=O)=C/CC=C2)cc(-n2ccc(=O)[nH]c2=O)cc1C(C)(C)C. The number of ether oxygens (including phenoxy) is 1. The van der Waals surface area contributed by atoms with E-state index in [1.807, 2.05) is 36.4 Å². The molecule has 35 heavy (non-hydrogen) atoms. The summed E-state index contributed by atoms with van der Waals surface area (Å²) in [5.74, 6) is 0.700. The lowest BCUT2D eigenvalue weighted by Crippen LogP contribution is -2.28. The average Bonchev–Trinajstić information content (AvgIpc) is 2.75. The van der Waals surface area contributed by atoms with E-state index in [4.69, 9.17) is 4.74 Å². The molecule has 0 spiro atoms. The minimum atomic E-state index is -3.37. The van der Waals surface area contributed by atoms with E-state index in [0.29, 0.717) is 30.0 Å². The zero-order chi connectivity index (χ0) is 25.8. The summed E-state index contributed by atoms with van der Waals surface area (Å²) >= 11 is 0. The number of H-pyrrole nitrogens is 1. The smallest absolute Gasteiger partial charge is 0.332 e. The number of hydrogen-bond donors (Lipinski definition) is 2.